The fourth-order valence-corrected chi connectivity index (χ4v) is 3.29. The molecule has 3 heteroatoms. The molecular formula is C21H25N2O+. The predicted octanol–water partition coefficient (Wildman–Crippen LogP) is 2.20. The number of fused-ring (bicyclic) bond motifs is 1. The monoisotopic (exact) mass is 321 g/mol. The Kier molecular flexibility index (Phi) is 5.44. The van der Waals surface area contributed by atoms with Crippen LogP contribution in [-0.4, -0.2) is 37.0 Å². The lowest BCUT2D eigenvalue weighted by Gasteiger charge is -2.31. The van der Waals surface area contributed by atoms with Crippen LogP contribution in [0.25, 0.3) is 10.8 Å². The van der Waals surface area contributed by atoms with E-state index in [-0.39, 0.29) is 5.91 Å². The lowest BCUT2D eigenvalue weighted by molar-refractivity contribution is -0.917. The fraction of sp³-hybridized carbons (Fsp3) is 0.286. The lowest BCUT2D eigenvalue weighted by Crippen LogP contribution is -3.13. The van der Waals surface area contributed by atoms with E-state index >= 15 is 0 Å². The van der Waals surface area contributed by atoms with Crippen molar-refractivity contribution in [3.05, 3.63) is 72.3 Å². The second-order valence-electron chi connectivity index (χ2n) is 6.28. The molecule has 1 saturated heterocycles. The van der Waals surface area contributed by atoms with Gasteiger partial charge in [-0.05, 0) is 17.7 Å². The van der Waals surface area contributed by atoms with Gasteiger partial charge in [0.2, 0.25) is 5.91 Å². The molecule has 0 unspecified atom stereocenters. The molecule has 0 saturated carbocycles. The van der Waals surface area contributed by atoms with Crippen molar-refractivity contribution >= 4 is 16.7 Å². The Balaban J connectivity index is 1.60. The van der Waals surface area contributed by atoms with E-state index < -0.39 is 0 Å². The van der Waals surface area contributed by atoms with E-state index in [1.54, 1.807) is 11.0 Å². The van der Waals surface area contributed by atoms with Gasteiger partial charge in [-0.3, -0.25) is 4.79 Å². The molecule has 24 heavy (non-hydrogen) atoms. The summed E-state index contributed by atoms with van der Waals surface area (Å²) in [4.78, 5) is 15.6. The van der Waals surface area contributed by atoms with E-state index in [1.807, 2.05) is 30.1 Å². The van der Waals surface area contributed by atoms with Crippen molar-refractivity contribution in [2.75, 3.05) is 26.2 Å². The highest BCUT2D eigenvalue weighted by molar-refractivity contribution is 5.88. The van der Waals surface area contributed by atoms with Crippen LogP contribution >= 0.6 is 0 Å². The summed E-state index contributed by atoms with van der Waals surface area (Å²) in [6.07, 6.45) is 7.29. The van der Waals surface area contributed by atoms with Crippen LogP contribution in [0.1, 0.15) is 12.5 Å². The molecule has 0 spiro atoms. The summed E-state index contributed by atoms with van der Waals surface area (Å²) in [7, 11) is 0. The fourth-order valence-electron chi connectivity index (χ4n) is 3.29. The van der Waals surface area contributed by atoms with Crippen molar-refractivity contribution < 1.29 is 9.69 Å². The standard InChI is InChI=1S/C21H24N2O/c1-2-3-4-12-21(24)23-15-13-22(14-16-23)17-19-10-7-9-18-8-5-6-11-20(18)19/h2-12H,13-17H2,1H3/p+1/b3-2+,12-4+. The maximum Gasteiger partial charge on any atom is 0.246 e. The van der Waals surface area contributed by atoms with Crippen LogP contribution in [0.3, 0.4) is 0 Å². The minimum atomic E-state index is 0.123. The molecule has 0 radical (unpaired) electrons. The van der Waals surface area contributed by atoms with Gasteiger partial charge < -0.3 is 9.80 Å². The van der Waals surface area contributed by atoms with E-state index in [0.717, 1.165) is 32.7 Å². The number of nitrogens with one attached hydrogen (secondary N) is 1. The van der Waals surface area contributed by atoms with Gasteiger partial charge in [-0.25, -0.2) is 0 Å². The zero-order chi connectivity index (χ0) is 16.8. The van der Waals surface area contributed by atoms with Crippen LogP contribution in [0, 0.1) is 0 Å². The van der Waals surface area contributed by atoms with Gasteiger partial charge in [0.05, 0.1) is 26.2 Å². The predicted molar refractivity (Wildman–Crippen MR) is 98.9 cm³/mol. The molecule has 0 aromatic heterocycles. The van der Waals surface area contributed by atoms with Crippen molar-refractivity contribution in [2.45, 2.75) is 13.5 Å². The summed E-state index contributed by atoms with van der Waals surface area (Å²) in [5, 5.41) is 2.65. The number of carbonyl (C=O) groups is 1. The summed E-state index contributed by atoms with van der Waals surface area (Å²) < 4.78 is 0. The quantitative estimate of drug-likeness (QED) is 0.678. The van der Waals surface area contributed by atoms with Crippen LogP contribution in [0.4, 0.5) is 0 Å². The molecule has 1 aliphatic rings. The van der Waals surface area contributed by atoms with Gasteiger partial charge in [-0.15, -0.1) is 0 Å². The van der Waals surface area contributed by atoms with Crippen molar-refractivity contribution in [1.29, 1.82) is 0 Å². The van der Waals surface area contributed by atoms with Gasteiger partial charge in [0.25, 0.3) is 0 Å². The largest absolute Gasteiger partial charge is 0.328 e. The number of quaternary nitrogens is 1. The molecular weight excluding hydrogens is 296 g/mol. The Bertz CT molecular complexity index is 750. The first-order valence-corrected chi connectivity index (χ1v) is 8.66. The molecule has 3 nitrogen and oxygen atoms in total. The van der Waals surface area contributed by atoms with Crippen LogP contribution in [-0.2, 0) is 11.3 Å². The molecule has 1 fully saturated rings. The molecule has 1 aliphatic heterocycles. The zero-order valence-electron chi connectivity index (χ0n) is 14.2. The Labute approximate surface area is 143 Å². The minimum absolute atomic E-state index is 0.123. The van der Waals surface area contributed by atoms with Gasteiger partial charge >= 0.3 is 0 Å². The second kappa shape index (κ2) is 7.93. The number of hydrogen-bond donors (Lipinski definition) is 1. The Morgan fingerprint density at radius 3 is 2.62 bits per heavy atom. The number of nitrogens with zero attached hydrogens (tertiary/aromatic N) is 1. The van der Waals surface area contributed by atoms with Crippen LogP contribution in [0.2, 0.25) is 0 Å². The molecule has 2 aromatic carbocycles. The third-order valence-electron chi connectivity index (χ3n) is 4.64. The first kappa shape index (κ1) is 16.5. The minimum Gasteiger partial charge on any atom is -0.328 e. The van der Waals surface area contributed by atoms with Gasteiger partial charge in [0, 0.05) is 11.6 Å². The molecule has 0 aliphatic carbocycles. The van der Waals surface area contributed by atoms with Crippen molar-refractivity contribution in [3.8, 4) is 0 Å². The third-order valence-corrected chi connectivity index (χ3v) is 4.64. The lowest BCUT2D eigenvalue weighted by atomic mass is 10.0. The summed E-state index contributed by atoms with van der Waals surface area (Å²) in [6, 6.07) is 15.1. The van der Waals surface area contributed by atoms with Gasteiger partial charge in [0.1, 0.15) is 6.54 Å². The number of carbonyl (C=O) groups excluding carboxylic acids is 1. The molecule has 1 heterocycles. The highest BCUT2D eigenvalue weighted by Crippen LogP contribution is 2.17. The number of piperazine rings is 1. The average molecular weight is 321 g/mol. The Hall–Kier alpha value is -2.39. The number of allylic oxidation sites excluding steroid dienone is 3. The maximum atomic E-state index is 12.1. The van der Waals surface area contributed by atoms with Crippen LogP contribution in [0.15, 0.2) is 66.8 Å². The van der Waals surface area contributed by atoms with Crippen molar-refractivity contribution in [1.82, 2.24) is 4.90 Å². The third kappa shape index (κ3) is 3.92. The van der Waals surface area contributed by atoms with Gasteiger partial charge in [0.15, 0.2) is 0 Å². The first-order chi connectivity index (χ1) is 11.8. The van der Waals surface area contributed by atoms with E-state index in [0.29, 0.717) is 0 Å². The van der Waals surface area contributed by atoms with Crippen molar-refractivity contribution in [3.63, 3.8) is 0 Å². The maximum absolute atomic E-state index is 12.1. The molecule has 0 atom stereocenters. The highest BCUT2D eigenvalue weighted by atomic mass is 16.2. The zero-order valence-corrected chi connectivity index (χ0v) is 14.2. The van der Waals surface area contributed by atoms with Gasteiger partial charge in [-0.1, -0.05) is 60.7 Å². The average Bonchev–Trinajstić information content (AvgIpc) is 2.63. The molecule has 3 rings (SSSR count). The number of amides is 1. The van der Waals surface area contributed by atoms with E-state index in [2.05, 4.69) is 42.5 Å². The molecule has 0 bridgehead atoms. The van der Waals surface area contributed by atoms with E-state index in [1.165, 1.54) is 16.3 Å². The van der Waals surface area contributed by atoms with Crippen molar-refractivity contribution in [2.24, 2.45) is 0 Å². The number of hydrogen-bond acceptors (Lipinski definition) is 1. The summed E-state index contributed by atoms with van der Waals surface area (Å²) in [5.41, 5.74) is 1.40. The molecule has 1 N–H and O–H groups in total. The molecule has 124 valence electrons. The van der Waals surface area contributed by atoms with Crippen LogP contribution in [0.5, 0.6) is 0 Å². The van der Waals surface area contributed by atoms with E-state index in [4.69, 9.17) is 0 Å². The van der Waals surface area contributed by atoms with Gasteiger partial charge in [-0.2, -0.15) is 0 Å². The SMILES string of the molecule is C/C=C/C=C/C(=O)N1CC[NH+](Cc2cccc3ccccc23)CC1. The topological polar surface area (TPSA) is 24.8 Å². The second-order valence-corrected chi connectivity index (χ2v) is 6.28. The smallest absolute Gasteiger partial charge is 0.246 e. The summed E-state index contributed by atoms with van der Waals surface area (Å²) in [6.45, 7) is 6.65. The number of benzene rings is 2. The summed E-state index contributed by atoms with van der Waals surface area (Å²) >= 11 is 0. The normalized spacial score (nSPS) is 16.5. The Morgan fingerprint density at radius 2 is 1.83 bits per heavy atom. The number of rotatable bonds is 4. The van der Waals surface area contributed by atoms with E-state index in [9.17, 15) is 4.79 Å². The first-order valence-electron chi connectivity index (χ1n) is 8.66. The molecule has 1 amide bonds. The summed E-state index contributed by atoms with van der Waals surface area (Å²) in [5.74, 6) is 0.123. The highest BCUT2D eigenvalue weighted by Gasteiger charge is 2.22. The van der Waals surface area contributed by atoms with Crippen LogP contribution < -0.4 is 4.90 Å². The Morgan fingerprint density at radius 1 is 1.08 bits per heavy atom. The molecule has 2 aromatic rings.